The summed E-state index contributed by atoms with van der Waals surface area (Å²) in [5, 5.41) is 0. The molecule has 0 spiro atoms. The molecule has 1 saturated heterocycles. The number of nitrogens with zero attached hydrogens (tertiary/aromatic N) is 4. The van der Waals surface area contributed by atoms with Gasteiger partial charge >= 0.3 is 0 Å². The zero-order valence-electron chi connectivity index (χ0n) is 19.8. The smallest absolute Gasteiger partial charge is 0.222 e. The molecule has 0 aliphatic carbocycles. The van der Waals surface area contributed by atoms with Crippen LogP contribution in [0.3, 0.4) is 0 Å². The number of amides is 1. The van der Waals surface area contributed by atoms with Gasteiger partial charge in [-0.05, 0) is 24.1 Å². The molecule has 6 heteroatoms. The van der Waals surface area contributed by atoms with Crippen molar-refractivity contribution in [1.82, 2.24) is 14.9 Å². The maximum Gasteiger partial charge on any atom is 0.222 e. The molecule has 2 heterocycles. The lowest BCUT2D eigenvalue weighted by Gasteiger charge is -2.36. The summed E-state index contributed by atoms with van der Waals surface area (Å²) in [4.78, 5) is 26.5. The van der Waals surface area contributed by atoms with E-state index in [9.17, 15) is 4.79 Å². The molecule has 0 bridgehead atoms. The summed E-state index contributed by atoms with van der Waals surface area (Å²) in [7, 11) is 1.68. The van der Waals surface area contributed by atoms with Crippen molar-refractivity contribution < 1.29 is 9.53 Å². The van der Waals surface area contributed by atoms with Gasteiger partial charge in [0.1, 0.15) is 11.6 Å². The van der Waals surface area contributed by atoms with Crippen LogP contribution in [0, 0.1) is 0 Å². The van der Waals surface area contributed by atoms with Gasteiger partial charge < -0.3 is 14.5 Å². The first-order valence-electron chi connectivity index (χ1n) is 11.7. The van der Waals surface area contributed by atoms with Crippen LogP contribution in [0.2, 0.25) is 0 Å². The van der Waals surface area contributed by atoms with Crippen LogP contribution in [0.15, 0.2) is 54.6 Å². The minimum atomic E-state index is 0.218. The summed E-state index contributed by atoms with van der Waals surface area (Å²) in [5.41, 5.74) is 4.45. The third-order valence-corrected chi connectivity index (χ3v) is 6.21. The van der Waals surface area contributed by atoms with E-state index in [1.807, 2.05) is 42.2 Å². The number of aromatic nitrogens is 2. The molecule has 0 atom stereocenters. The largest absolute Gasteiger partial charge is 0.497 e. The molecule has 4 rings (SSSR count). The van der Waals surface area contributed by atoms with Gasteiger partial charge in [-0.25, -0.2) is 9.97 Å². The number of carbonyl (C=O) groups excluding carboxylic acids is 1. The predicted molar refractivity (Wildman–Crippen MR) is 132 cm³/mol. The van der Waals surface area contributed by atoms with Crippen molar-refractivity contribution in [2.24, 2.45) is 0 Å². The van der Waals surface area contributed by atoms with Crippen molar-refractivity contribution in [1.29, 1.82) is 0 Å². The van der Waals surface area contributed by atoms with E-state index in [2.05, 4.69) is 36.1 Å². The van der Waals surface area contributed by atoms with E-state index in [0.717, 1.165) is 73.2 Å². The number of hydrogen-bond acceptors (Lipinski definition) is 5. The van der Waals surface area contributed by atoms with E-state index in [1.165, 1.54) is 5.56 Å². The number of carbonyl (C=O) groups is 1. The van der Waals surface area contributed by atoms with Crippen molar-refractivity contribution in [2.75, 3.05) is 38.2 Å². The maximum atomic E-state index is 12.2. The van der Waals surface area contributed by atoms with Crippen molar-refractivity contribution in [3.8, 4) is 17.1 Å². The zero-order valence-corrected chi connectivity index (χ0v) is 19.8. The normalized spacial score (nSPS) is 13.8. The lowest BCUT2D eigenvalue weighted by molar-refractivity contribution is -0.131. The highest BCUT2D eigenvalue weighted by Gasteiger charge is 2.25. The fourth-order valence-corrected chi connectivity index (χ4v) is 4.31. The molecule has 0 unspecified atom stereocenters. The van der Waals surface area contributed by atoms with Crippen LogP contribution in [-0.2, 0) is 17.6 Å². The standard InChI is InChI=1S/C27H32N4O2/c1-4-24-23(19-20-11-13-22(33-3)14-12-20)27(29-26(28-24)21-9-7-6-8-10-21)31-17-15-30(16-18-31)25(32)5-2/h6-14H,4-5,15-19H2,1-3H3. The number of methoxy groups -OCH3 is 1. The predicted octanol–water partition coefficient (Wildman–Crippen LogP) is 4.36. The van der Waals surface area contributed by atoms with Crippen molar-refractivity contribution in [2.45, 2.75) is 33.1 Å². The van der Waals surface area contributed by atoms with Crippen LogP contribution >= 0.6 is 0 Å². The van der Waals surface area contributed by atoms with E-state index < -0.39 is 0 Å². The topological polar surface area (TPSA) is 58.6 Å². The van der Waals surface area contributed by atoms with Gasteiger partial charge in [-0.1, -0.05) is 56.3 Å². The molecule has 0 saturated carbocycles. The second kappa shape index (κ2) is 10.5. The Labute approximate surface area is 196 Å². The molecule has 6 nitrogen and oxygen atoms in total. The van der Waals surface area contributed by atoms with E-state index in [-0.39, 0.29) is 5.91 Å². The molecule has 1 aliphatic heterocycles. The average Bonchev–Trinajstić information content (AvgIpc) is 2.89. The Kier molecular flexibility index (Phi) is 7.23. The number of benzene rings is 2. The summed E-state index contributed by atoms with van der Waals surface area (Å²) in [6.45, 7) is 7.06. The van der Waals surface area contributed by atoms with E-state index in [1.54, 1.807) is 7.11 Å². The van der Waals surface area contributed by atoms with Gasteiger partial charge in [0.2, 0.25) is 5.91 Å². The van der Waals surface area contributed by atoms with Crippen LogP contribution in [0.4, 0.5) is 5.82 Å². The Morgan fingerprint density at radius 1 is 0.939 bits per heavy atom. The van der Waals surface area contributed by atoms with Gasteiger partial charge in [0.05, 0.1) is 7.11 Å². The van der Waals surface area contributed by atoms with Crippen LogP contribution in [-0.4, -0.2) is 54.1 Å². The monoisotopic (exact) mass is 444 g/mol. The highest BCUT2D eigenvalue weighted by atomic mass is 16.5. The van der Waals surface area contributed by atoms with Gasteiger partial charge in [0, 0.05) is 55.8 Å². The van der Waals surface area contributed by atoms with Gasteiger partial charge in [0.25, 0.3) is 0 Å². The number of ether oxygens (including phenoxy) is 1. The Morgan fingerprint density at radius 3 is 2.24 bits per heavy atom. The fourth-order valence-electron chi connectivity index (χ4n) is 4.31. The average molecular weight is 445 g/mol. The summed E-state index contributed by atoms with van der Waals surface area (Å²) >= 11 is 0. The summed E-state index contributed by atoms with van der Waals surface area (Å²) in [6, 6.07) is 18.3. The highest BCUT2D eigenvalue weighted by molar-refractivity contribution is 5.76. The molecule has 0 radical (unpaired) electrons. The third kappa shape index (κ3) is 5.16. The molecule has 2 aromatic carbocycles. The van der Waals surface area contributed by atoms with Gasteiger partial charge in [-0.2, -0.15) is 0 Å². The number of rotatable bonds is 7. The molecule has 3 aromatic rings. The molecule has 1 amide bonds. The van der Waals surface area contributed by atoms with Gasteiger partial charge in [-0.3, -0.25) is 4.79 Å². The minimum Gasteiger partial charge on any atom is -0.497 e. The Hall–Kier alpha value is -3.41. The van der Waals surface area contributed by atoms with Crippen molar-refractivity contribution >= 4 is 11.7 Å². The van der Waals surface area contributed by atoms with E-state index in [4.69, 9.17) is 14.7 Å². The number of aryl methyl sites for hydroxylation is 1. The van der Waals surface area contributed by atoms with Crippen LogP contribution < -0.4 is 9.64 Å². The number of anilines is 1. The zero-order chi connectivity index (χ0) is 23.2. The molecule has 1 aliphatic rings. The van der Waals surface area contributed by atoms with Crippen LogP contribution in [0.5, 0.6) is 5.75 Å². The lowest BCUT2D eigenvalue weighted by Crippen LogP contribution is -2.49. The Morgan fingerprint density at radius 2 is 1.64 bits per heavy atom. The molecule has 33 heavy (non-hydrogen) atoms. The first-order valence-corrected chi connectivity index (χ1v) is 11.7. The van der Waals surface area contributed by atoms with Crippen LogP contribution in [0.1, 0.15) is 37.1 Å². The third-order valence-electron chi connectivity index (χ3n) is 6.21. The SMILES string of the molecule is CCC(=O)N1CCN(c2nc(-c3ccccc3)nc(CC)c2Cc2ccc(OC)cc2)CC1. The second-order valence-corrected chi connectivity index (χ2v) is 8.26. The quantitative estimate of drug-likeness (QED) is 0.542. The minimum absolute atomic E-state index is 0.218. The fraction of sp³-hybridized carbons (Fsp3) is 0.370. The number of hydrogen-bond donors (Lipinski definition) is 0. The first-order chi connectivity index (χ1) is 16.1. The molecular formula is C27H32N4O2. The molecule has 1 aromatic heterocycles. The summed E-state index contributed by atoms with van der Waals surface area (Å²) in [5.74, 6) is 2.81. The van der Waals surface area contributed by atoms with E-state index in [0.29, 0.717) is 6.42 Å². The van der Waals surface area contributed by atoms with Crippen molar-refractivity contribution in [3.05, 3.63) is 71.4 Å². The van der Waals surface area contributed by atoms with E-state index >= 15 is 0 Å². The molecule has 0 N–H and O–H groups in total. The Bertz CT molecular complexity index is 1080. The molecular weight excluding hydrogens is 412 g/mol. The maximum absolute atomic E-state index is 12.2. The second-order valence-electron chi connectivity index (χ2n) is 8.26. The Balaban J connectivity index is 1.72. The van der Waals surface area contributed by atoms with Crippen LogP contribution in [0.25, 0.3) is 11.4 Å². The first kappa shape index (κ1) is 22.8. The molecule has 1 fully saturated rings. The number of piperazine rings is 1. The van der Waals surface area contributed by atoms with Gasteiger partial charge in [-0.15, -0.1) is 0 Å². The molecule has 172 valence electrons. The summed E-state index contributed by atoms with van der Waals surface area (Å²) < 4.78 is 5.32. The van der Waals surface area contributed by atoms with Crippen molar-refractivity contribution in [3.63, 3.8) is 0 Å². The lowest BCUT2D eigenvalue weighted by atomic mass is 10.0. The summed E-state index contributed by atoms with van der Waals surface area (Å²) in [6.07, 6.45) is 2.13. The highest BCUT2D eigenvalue weighted by Crippen LogP contribution is 2.29. The van der Waals surface area contributed by atoms with Gasteiger partial charge in [0.15, 0.2) is 5.82 Å².